The molecule has 0 atom stereocenters. The molecule has 0 aliphatic heterocycles. The van der Waals surface area contributed by atoms with Crippen molar-refractivity contribution in [2.24, 2.45) is 4.99 Å². The lowest BCUT2D eigenvalue weighted by Gasteiger charge is -2.04. The zero-order chi connectivity index (χ0) is 22.8. The average molecular weight is 455 g/mol. The van der Waals surface area contributed by atoms with Crippen LogP contribution in [-0.4, -0.2) is 35.1 Å². The number of hydrogen-bond donors (Lipinski definition) is 0. The maximum Gasteiger partial charge on any atom is 0.326 e. The number of carbonyl (C=O) groups is 2. The highest BCUT2D eigenvalue weighted by atomic mass is 32.1. The topological polar surface area (TPSA) is 126 Å². The van der Waals surface area contributed by atoms with E-state index in [0.29, 0.717) is 26.9 Å². The second kappa shape index (κ2) is 8.63. The first-order valence-corrected chi connectivity index (χ1v) is 10.3. The Hall–Kier alpha value is -3.99. The molecule has 0 N–H and O–H groups in total. The third-order valence-electron chi connectivity index (χ3n) is 4.61. The Labute approximate surface area is 184 Å². The lowest BCUT2D eigenvalue weighted by Crippen LogP contribution is -2.23. The van der Waals surface area contributed by atoms with Crippen LogP contribution in [0.25, 0.3) is 21.2 Å². The highest BCUT2D eigenvalue weighted by molar-refractivity contribution is 7.16. The Morgan fingerprint density at radius 1 is 1.25 bits per heavy atom. The number of nitro benzene ring substituents is 1. The molecule has 32 heavy (non-hydrogen) atoms. The summed E-state index contributed by atoms with van der Waals surface area (Å²) in [7, 11) is 1.50. The number of non-ortho nitro benzene ring substituents is 1. The van der Waals surface area contributed by atoms with Gasteiger partial charge in [-0.1, -0.05) is 23.5 Å². The predicted molar refractivity (Wildman–Crippen MR) is 116 cm³/mol. The number of methoxy groups -OCH3 is 1. The number of ether oxygens (including phenoxy) is 2. The predicted octanol–water partition coefficient (Wildman–Crippen LogP) is 3.67. The van der Waals surface area contributed by atoms with Crippen molar-refractivity contribution in [3.63, 3.8) is 0 Å². The van der Waals surface area contributed by atoms with E-state index in [2.05, 4.69) is 4.99 Å². The Bertz CT molecular complexity index is 1430. The van der Waals surface area contributed by atoms with E-state index in [1.807, 2.05) is 0 Å². The van der Waals surface area contributed by atoms with Gasteiger partial charge in [0.1, 0.15) is 6.54 Å². The van der Waals surface area contributed by atoms with Crippen LogP contribution < -0.4 is 9.54 Å². The molecule has 0 bridgehead atoms. The standard InChI is InChI=1S/C21H17N3O7S/c1-3-30-18(25)11-23-14-8-7-13(24(27)28)10-17(14)32-21(23)22-20(26)16-9-12-5-4-6-15(29-2)19(12)31-16/h4-10H,3,11H2,1-2H3. The van der Waals surface area contributed by atoms with Crippen molar-refractivity contribution in [1.82, 2.24) is 4.57 Å². The van der Waals surface area contributed by atoms with E-state index >= 15 is 0 Å². The van der Waals surface area contributed by atoms with Crippen LogP contribution in [-0.2, 0) is 16.1 Å². The lowest BCUT2D eigenvalue weighted by molar-refractivity contribution is -0.384. The number of carbonyl (C=O) groups excluding carboxylic acids is 2. The first kappa shape index (κ1) is 21.2. The summed E-state index contributed by atoms with van der Waals surface area (Å²) in [6.45, 7) is 1.67. The first-order valence-electron chi connectivity index (χ1n) is 9.50. The highest BCUT2D eigenvalue weighted by Crippen LogP contribution is 2.29. The number of para-hydroxylation sites is 1. The molecule has 11 heteroatoms. The van der Waals surface area contributed by atoms with Crippen LogP contribution in [0.4, 0.5) is 5.69 Å². The van der Waals surface area contributed by atoms with Crippen LogP contribution >= 0.6 is 11.3 Å². The molecule has 0 spiro atoms. The van der Waals surface area contributed by atoms with Crippen LogP contribution in [0.1, 0.15) is 17.5 Å². The minimum atomic E-state index is -0.665. The fourth-order valence-corrected chi connectivity index (χ4v) is 4.25. The average Bonchev–Trinajstić information content (AvgIpc) is 3.35. The zero-order valence-electron chi connectivity index (χ0n) is 17.1. The smallest absolute Gasteiger partial charge is 0.326 e. The molecule has 0 saturated carbocycles. The third-order valence-corrected chi connectivity index (χ3v) is 5.65. The minimum Gasteiger partial charge on any atom is -0.493 e. The summed E-state index contributed by atoms with van der Waals surface area (Å²) in [6.07, 6.45) is 0. The number of amides is 1. The number of furan rings is 1. The third kappa shape index (κ3) is 3.97. The Balaban J connectivity index is 1.83. The van der Waals surface area contributed by atoms with E-state index < -0.39 is 16.8 Å². The normalized spacial score (nSPS) is 11.8. The summed E-state index contributed by atoms with van der Waals surface area (Å²) in [6, 6.07) is 11.0. The van der Waals surface area contributed by atoms with Crippen molar-refractivity contribution < 1.29 is 28.4 Å². The van der Waals surface area contributed by atoms with Gasteiger partial charge in [0, 0.05) is 17.5 Å². The summed E-state index contributed by atoms with van der Waals surface area (Å²) in [4.78, 5) is 39.9. The molecule has 2 heterocycles. The van der Waals surface area contributed by atoms with Crippen molar-refractivity contribution in [3.8, 4) is 5.75 Å². The van der Waals surface area contributed by atoms with Crippen LogP contribution in [0.5, 0.6) is 5.75 Å². The van der Waals surface area contributed by atoms with E-state index in [0.717, 1.165) is 11.3 Å². The Kier molecular flexibility index (Phi) is 5.73. The largest absolute Gasteiger partial charge is 0.493 e. The quantitative estimate of drug-likeness (QED) is 0.247. The molecule has 0 fully saturated rings. The van der Waals surface area contributed by atoms with Gasteiger partial charge in [-0.05, 0) is 25.1 Å². The van der Waals surface area contributed by atoms with Gasteiger partial charge in [-0.3, -0.25) is 19.7 Å². The monoisotopic (exact) mass is 455 g/mol. The van der Waals surface area contributed by atoms with Gasteiger partial charge in [0.2, 0.25) is 0 Å². The summed E-state index contributed by atoms with van der Waals surface area (Å²) in [5, 5.41) is 11.8. The van der Waals surface area contributed by atoms with Crippen LogP contribution in [0.2, 0.25) is 0 Å². The summed E-state index contributed by atoms with van der Waals surface area (Å²) >= 11 is 1.05. The number of benzene rings is 2. The second-order valence-corrected chi connectivity index (χ2v) is 7.60. The molecule has 1 amide bonds. The minimum absolute atomic E-state index is 0.00405. The van der Waals surface area contributed by atoms with Gasteiger partial charge in [0.15, 0.2) is 21.9 Å². The number of rotatable bonds is 6. The zero-order valence-corrected chi connectivity index (χ0v) is 17.9. The maximum absolute atomic E-state index is 12.9. The van der Waals surface area contributed by atoms with E-state index in [4.69, 9.17) is 13.9 Å². The Morgan fingerprint density at radius 2 is 2.06 bits per heavy atom. The van der Waals surface area contributed by atoms with Crippen molar-refractivity contribution in [3.05, 3.63) is 63.1 Å². The molecule has 4 rings (SSSR count). The number of nitrogens with zero attached hydrogens (tertiary/aromatic N) is 3. The number of esters is 1. The van der Waals surface area contributed by atoms with Gasteiger partial charge in [0.25, 0.3) is 5.69 Å². The molecule has 164 valence electrons. The fourth-order valence-electron chi connectivity index (χ4n) is 3.19. The first-order chi connectivity index (χ1) is 15.4. The molecule has 0 radical (unpaired) electrons. The SMILES string of the molecule is CCOC(=O)Cn1c(=NC(=O)c2cc3cccc(OC)c3o2)sc2cc([N+](=O)[O-])ccc21. The summed E-state index contributed by atoms with van der Waals surface area (Å²) in [5.74, 6) is -0.710. The van der Waals surface area contributed by atoms with Gasteiger partial charge in [-0.15, -0.1) is 0 Å². The van der Waals surface area contributed by atoms with E-state index in [1.165, 1.54) is 29.9 Å². The molecular weight excluding hydrogens is 438 g/mol. The molecular formula is C21H17N3O7S. The molecule has 2 aromatic heterocycles. The molecule has 0 unspecified atom stereocenters. The lowest BCUT2D eigenvalue weighted by atomic mass is 10.2. The fraction of sp³-hybridized carbons (Fsp3) is 0.190. The molecule has 0 aliphatic rings. The number of aromatic nitrogens is 1. The van der Waals surface area contributed by atoms with Gasteiger partial charge in [-0.25, -0.2) is 0 Å². The van der Waals surface area contributed by atoms with Crippen molar-refractivity contribution in [2.75, 3.05) is 13.7 Å². The second-order valence-electron chi connectivity index (χ2n) is 6.59. The number of thiazole rings is 1. The Morgan fingerprint density at radius 3 is 2.78 bits per heavy atom. The van der Waals surface area contributed by atoms with Crippen molar-refractivity contribution in [2.45, 2.75) is 13.5 Å². The molecule has 0 aliphatic carbocycles. The van der Waals surface area contributed by atoms with E-state index in [9.17, 15) is 19.7 Å². The summed E-state index contributed by atoms with van der Waals surface area (Å²) in [5.41, 5.74) is 0.829. The van der Waals surface area contributed by atoms with Crippen LogP contribution in [0, 0.1) is 10.1 Å². The van der Waals surface area contributed by atoms with Gasteiger partial charge < -0.3 is 18.5 Å². The van der Waals surface area contributed by atoms with Gasteiger partial charge >= 0.3 is 11.9 Å². The maximum atomic E-state index is 12.9. The van der Waals surface area contributed by atoms with Gasteiger partial charge in [0.05, 0.1) is 28.9 Å². The number of fused-ring (bicyclic) bond motifs is 2. The van der Waals surface area contributed by atoms with Crippen LogP contribution in [0.15, 0.2) is 51.9 Å². The molecule has 4 aromatic rings. The number of hydrogen-bond acceptors (Lipinski definition) is 8. The molecule has 10 nitrogen and oxygen atoms in total. The van der Waals surface area contributed by atoms with Crippen molar-refractivity contribution in [1.29, 1.82) is 0 Å². The van der Waals surface area contributed by atoms with E-state index in [1.54, 1.807) is 31.2 Å². The molecule has 0 saturated heterocycles. The summed E-state index contributed by atoms with van der Waals surface area (Å²) < 4.78 is 17.9. The van der Waals surface area contributed by atoms with Crippen LogP contribution in [0.3, 0.4) is 0 Å². The van der Waals surface area contributed by atoms with Crippen molar-refractivity contribution >= 4 is 50.1 Å². The van der Waals surface area contributed by atoms with E-state index in [-0.39, 0.29) is 29.4 Å². The number of nitro groups is 1. The molecule has 2 aromatic carbocycles. The highest BCUT2D eigenvalue weighted by Gasteiger charge is 2.18. The van der Waals surface area contributed by atoms with Gasteiger partial charge in [-0.2, -0.15) is 4.99 Å².